The Morgan fingerprint density at radius 2 is 1.93 bits per heavy atom. The zero-order chi connectivity index (χ0) is 20.1. The molecule has 0 aliphatic heterocycles. The minimum Gasteiger partial charge on any atom is -0.494 e. The minimum atomic E-state index is -0.178. The van der Waals surface area contributed by atoms with Crippen molar-refractivity contribution in [2.24, 2.45) is 0 Å². The van der Waals surface area contributed by atoms with E-state index in [0.29, 0.717) is 23.8 Å². The molecule has 0 spiro atoms. The van der Waals surface area contributed by atoms with Crippen molar-refractivity contribution < 1.29 is 9.53 Å². The molecule has 1 amide bonds. The van der Waals surface area contributed by atoms with Crippen molar-refractivity contribution >= 4 is 22.4 Å². The maximum Gasteiger partial charge on any atom is 0.257 e. The zero-order valence-corrected chi connectivity index (χ0v) is 16.7. The number of carbonyl (C=O) groups excluding carboxylic acids is 1. The van der Waals surface area contributed by atoms with Gasteiger partial charge in [-0.25, -0.2) is 4.98 Å². The van der Waals surface area contributed by atoms with Crippen LogP contribution in [0.5, 0.6) is 5.75 Å². The lowest BCUT2D eigenvalue weighted by Crippen LogP contribution is -2.11. The fraction of sp³-hybridized carbons (Fsp3) is 0.136. The van der Waals surface area contributed by atoms with Crippen LogP contribution in [0.3, 0.4) is 0 Å². The highest BCUT2D eigenvalue weighted by molar-refractivity contribution is 7.14. The molecule has 0 unspecified atom stereocenters. The third-order valence-corrected chi connectivity index (χ3v) is 5.06. The Morgan fingerprint density at radius 3 is 2.62 bits per heavy atom. The van der Waals surface area contributed by atoms with Gasteiger partial charge in [0, 0.05) is 28.9 Å². The molecule has 0 fully saturated rings. The topological polar surface area (TPSA) is 69.0 Å². The number of hydrogen-bond acceptors (Lipinski definition) is 5. The van der Waals surface area contributed by atoms with E-state index in [0.717, 1.165) is 22.6 Å². The van der Waals surface area contributed by atoms with Gasteiger partial charge in [0.15, 0.2) is 5.13 Å². The summed E-state index contributed by atoms with van der Waals surface area (Å²) in [7, 11) is 0. The first-order valence-electron chi connectivity index (χ1n) is 9.28. The molecule has 0 saturated heterocycles. The molecule has 146 valence electrons. The van der Waals surface area contributed by atoms with Crippen molar-refractivity contribution in [2.45, 2.75) is 13.5 Å². The summed E-state index contributed by atoms with van der Waals surface area (Å²) in [6.07, 6.45) is 3.66. The normalized spacial score (nSPS) is 10.7. The number of anilines is 1. The molecule has 4 rings (SSSR count). The number of ether oxygens (including phenoxy) is 1. The number of carbonyl (C=O) groups is 1. The highest BCUT2D eigenvalue weighted by Crippen LogP contribution is 2.26. The van der Waals surface area contributed by atoms with Crippen LogP contribution in [-0.4, -0.2) is 27.3 Å². The second-order valence-corrected chi connectivity index (χ2v) is 7.21. The number of benzene rings is 2. The van der Waals surface area contributed by atoms with Gasteiger partial charge in [-0.2, -0.15) is 5.10 Å². The Labute approximate surface area is 172 Å². The van der Waals surface area contributed by atoms with Gasteiger partial charge in [0.05, 0.1) is 18.8 Å². The molecule has 6 nitrogen and oxygen atoms in total. The Morgan fingerprint density at radius 1 is 1.14 bits per heavy atom. The van der Waals surface area contributed by atoms with E-state index in [4.69, 9.17) is 4.74 Å². The molecule has 2 aromatic carbocycles. The van der Waals surface area contributed by atoms with Crippen molar-refractivity contribution in [3.8, 4) is 17.0 Å². The number of thiazole rings is 1. The summed E-state index contributed by atoms with van der Waals surface area (Å²) in [5.74, 6) is 0.652. The zero-order valence-electron chi connectivity index (χ0n) is 15.9. The number of rotatable bonds is 7. The summed E-state index contributed by atoms with van der Waals surface area (Å²) < 4.78 is 7.30. The summed E-state index contributed by atoms with van der Waals surface area (Å²) in [6, 6.07) is 17.1. The van der Waals surface area contributed by atoms with Gasteiger partial charge in [-0.05, 0) is 55.0 Å². The standard InChI is InChI=1S/C22H20N4O2S/c1-2-28-19-10-8-17(9-11-19)20-15-29-22(24-20)25-21(27)18-6-4-16(5-7-18)14-26-13-3-12-23-26/h3-13,15H,2,14H2,1H3,(H,24,25,27). The highest BCUT2D eigenvalue weighted by Gasteiger charge is 2.10. The summed E-state index contributed by atoms with van der Waals surface area (Å²) in [4.78, 5) is 17.0. The molecule has 0 radical (unpaired) electrons. The summed E-state index contributed by atoms with van der Waals surface area (Å²) in [6.45, 7) is 3.26. The third kappa shape index (κ3) is 4.70. The Hall–Kier alpha value is -3.45. The predicted octanol–water partition coefficient (Wildman–Crippen LogP) is 4.71. The molecule has 1 N–H and O–H groups in total. The first-order chi connectivity index (χ1) is 14.2. The summed E-state index contributed by atoms with van der Waals surface area (Å²) in [5, 5.41) is 9.56. The van der Waals surface area contributed by atoms with Crippen molar-refractivity contribution in [1.29, 1.82) is 0 Å². The average molecular weight is 404 g/mol. The van der Waals surface area contributed by atoms with Crippen LogP contribution < -0.4 is 10.1 Å². The smallest absolute Gasteiger partial charge is 0.257 e. The lowest BCUT2D eigenvalue weighted by Gasteiger charge is -2.05. The van der Waals surface area contributed by atoms with Gasteiger partial charge in [0.25, 0.3) is 5.91 Å². The van der Waals surface area contributed by atoms with E-state index in [9.17, 15) is 4.79 Å². The molecule has 0 bridgehead atoms. The van der Waals surface area contributed by atoms with Crippen LogP contribution in [0.4, 0.5) is 5.13 Å². The first kappa shape index (κ1) is 18.9. The van der Waals surface area contributed by atoms with Gasteiger partial charge in [0.2, 0.25) is 0 Å². The van der Waals surface area contributed by atoms with Gasteiger partial charge in [-0.1, -0.05) is 12.1 Å². The molecular weight excluding hydrogens is 384 g/mol. The van der Waals surface area contributed by atoms with Crippen molar-refractivity contribution in [1.82, 2.24) is 14.8 Å². The maximum absolute atomic E-state index is 12.5. The number of amides is 1. The highest BCUT2D eigenvalue weighted by atomic mass is 32.1. The number of aromatic nitrogens is 3. The van der Waals surface area contributed by atoms with E-state index in [1.807, 2.05) is 77.8 Å². The number of nitrogens with one attached hydrogen (secondary N) is 1. The van der Waals surface area contributed by atoms with Crippen LogP contribution in [0.15, 0.2) is 72.4 Å². The molecule has 4 aromatic rings. The molecule has 2 aromatic heterocycles. The monoisotopic (exact) mass is 404 g/mol. The van der Waals surface area contributed by atoms with Gasteiger partial charge in [-0.15, -0.1) is 11.3 Å². The predicted molar refractivity (Wildman–Crippen MR) is 114 cm³/mol. The molecule has 0 aliphatic rings. The largest absolute Gasteiger partial charge is 0.494 e. The maximum atomic E-state index is 12.5. The van der Waals surface area contributed by atoms with Crippen LogP contribution in [0.25, 0.3) is 11.3 Å². The summed E-state index contributed by atoms with van der Waals surface area (Å²) in [5.41, 5.74) is 3.47. The third-order valence-electron chi connectivity index (χ3n) is 4.31. The second-order valence-electron chi connectivity index (χ2n) is 6.35. The van der Waals surface area contributed by atoms with Crippen LogP contribution in [0, 0.1) is 0 Å². The van der Waals surface area contributed by atoms with E-state index < -0.39 is 0 Å². The number of nitrogens with zero attached hydrogens (tertiary/aromatic N) is 3. The van der Waals surface area contributed by atoms with Crippen LogP contribution in [0.2, 0.25) is 0 Å². The summed E-state index contributed by atoms with van der Waals surface area (Å²) >= 11 is 1.40. The Balaban J connectivity index is 1.39. The quantitative estimate of drug-likeness (QED) is 0.484. The van der Waals surface area contributed by atoms with Crippen LogP contribution in [-0.2, 0) is 6.54 Å². The van der Waals surface area contributed by atoms with Crippen molar-refractivity contribution in [3.63, 3.8) is 0 Å². The molecule has 0 atom stereocenters. The minimum absolute atomic E-state index is 0.178. The van der Waals surface area contributed by atoms with Crippen molar-refractivity contribution in [2.75, 3.05) is 11.9 Å². The molecule has 0 saturated carbocycles. The Bertz CT molecular complexity index is 1070. The average Bonchev–Trinajstić information content (AvgIpc) is 3.42. The Kier molecular flexibility index (Phi) is 5.67. The van der Waals surface area contributed by atoms with Gasteiger partial charge >= 0.3 is 0 Å². The first-order valence-corrected chi connectivity index (χ1v) is 10.2. The molecular formula is C22H20N4O2S. The van der Waals surface area contributed by atoms with Crippen LogP contribution in [0.1, 0.15) is 22.8 Å². The fourth-order valence-corrected chi connectivity index (χ4v) is 3.58. The SMILES string of the molecule is CCOc1ccc(-c2csc(NC(=O)c3ccc(Cn4cccn4)cc3)n2)cc1. The van der Waals surface area contributed by atoms with Crippen LogP contribution >= 0.6 is 11.3 Å². The molecule has 0 aliphatic carbocycles. The number of hydrogen-bond donors (Lipinski definition) is 1. The van der Waals surface area contributed by atoms with Gasteiger partial charge in [0.1, 0.15) is 5.75 Å². The molecule has 29 heavy (non-hydrogen) atoms. The van der Waals surface area contributed by atoms with E-state index in [1.54, 1.807) is 6.20 Å². The van der Waals surface area contributed by atoms with E-state index in [-0.39, 0.29) is 5.91 Å². The molecule has 7 heteroatoms. The fourth-order valence-electron chi connectivity index (χ4n) is 2.86. The lowest BCUT2D eigenvalue weighted by molar-refractivity contribution is 0.102. The van der Waals surface area contributed by atoms with Crippen molar-refractivity contribution in [3.05, 3.63) is 83.5 Å². The van der Waals surface area contributed by atoms with E-state index in [1.165, 1.54) is 11.3 Å². The molecule has 2 heterocycles. The second kappa shape index (κ2) is 8.70. The van der Waals surface area contributed by atoms with E-state index in [2.05, 4.69) is 15.4 Å². The van der Waals surface area contributed by atoms with Gasteiger partial charge < -0.3 is 4.74 Å². The van der Waals surface area contributed by atoms with E-state index >= 15 is 0 Å². The van der Waals surface area contributed by atoms with Gasteiger partial charge in [-0.3, -0.25) is 14.8 Å². The lowest BCUT2D eigenvalue weighted by atomic mass is 10.1.